The van der Waals surface area contributed by atoms with E-state index in [1.54, 1.807) is 37.4 Å². The number of hydrogen-bond donors (Lipinski definition) is 1. The van der Waals surface area contributed by atoms with Crippen LogP contribution < -0.4 is 10.1 Å². The van der Waals surface area contributed by atoms with Crippen LogP contribution in [0.2, 0.25) is 0 Å². The quantitative estimate of drug-likeness (QED) is 0.337. The van der Waals surface area contributed by atoms with Gasteiger partial charge in [0.1, 0.15) is 11.8 Å². The Bertz CT molecular complexity index is 961. The number of carbonyl (C=O) groups is 2. The number of non-ortho nitro benzene ring substituents is 1. The minimum absolute atomic E-state index is 0.0757. The van der Waals surface area contributed by atoms with Gasteiger partial charge >= 0.3 is 5.97 Å². The molecule has 1 amide bonds. The van der Waals surface area contributed by atoms with Crippen LogP contribution in [0.4, 0.5) is 11.4 Å². The highest BCUT2D eigenvalue weighted by Crippen LogP contribution is 2.21. The summed E-state index contributed by atoms with van der Waals surface area (Å²) in [6, 6.07) is 12.1. The van der Waals surface area contributed by atoms with Crippen molar-refractivity contribution in [3.63, 3.8) is 0 Å². The van der Waals surface area contributed by atoms with Crippen LogP contribution in [0.1, 0.15) is 11.1 Å². The van der Waals surface area contributed by atoms with Gasteiger partial charge in [-0.1, -0.05) is 12.1 Å². The molecule has 28 heavy (non-hydrogen) atoms. The Balaban J connectivity index is 1.89. The molecule has 0 aliphatic rings. The van der Waals surface area contributed by atoms with E-state index < -0.39 is 23.4 Å². The van der Waals surface area contributed by atoms with Crippen LogP contribution in [-0.2, 0) is 14.3 Å². The number of hydrogen-bond acceptors (Lipinski definition) is 7. The number of nitro groups is 1. The first-order valence-electron chi connectivity index (χ1n) is 7.90. The van der Waals surface area contributed by atoms with Crippen LogP contribution in [0.5, 0.6) is 5.75 Å². The Hall–Kier alpha value is -4.19. The predicted octanol–water partition coefficient (Wildman–Crippen LogP) is 2.67. The summed E-state index contributed by atoms with van der Waals surface area (Å²) in [7, 11) is 1.55. The van der Waals surface area contributed by atoms with E-state index in [1.807, 2.05) is 0 Å². The van der Waals surface area contributed by atoms with E-state index in [-0.39, 0.29) is 16.9 Å². The Morgan fingerprint density at radius 3 is 2.57 bits per heavy atom. The summed E-state index contributed by atoms with van der Waals surface area (Å²) in [6.07, 6.45) is 2.69. The SMILES string of the molecule is COc1ccc(/C=C/C(=O)OCC(=O)Nc2ccc([N+](=O)[O-])cc2C#N)cc1. The highest BCUT2D eigenvalue weighted by Gasteiger charge is 2.13. The molecule has 0 saturated carbocycles. The molecule has 2 aromatic carbocycles. The van der Waals surface area contributed by atoms with Crippen LogP contribution in [0.15, 0.2) is 48.5 Å². The van der Waals surface area contributed by atoms with Crippen molar-refractivity contribution in [2.45, 2.75) is 0 Å². The molecular formula is C19H15N3O6. The predicted molar refractivity (Wildman–Crippen MR) is 99.4 cm³/mol. The van der Waals surface area contributed by atoms with Gasteiger partial charge in [0, 0.05) is 18.2 Å². The number of esters is 1. The molecule has 0 aliphatic heterocycles. The number of methoxy groups -OCH3 is 1. The molecule has 9 heteroatoms. The average molecular weight is 381 g/mol. The third kappa shape index (κ3) is 5.67. The summed E-state index contributed by atoms with van der Waals surface area (Å²) >= 11 is 0. The van der Waals surface area contributed by atoms with Crippen molar-refractivity contribution in [3.8, 4) is 11.8 Å². The summed E-state index contributed by atoms with van der Waals surface area (Å²) in [5.74, 6) is -0.730. The number of rotatable bonds is 7. The van der Waals surface area contributed by atoms with Gasteiger partial charge in [0.15, 0.2) is 6.61 Å². The third-order valence-corrected chi connectivity index (χ3v) is 3.48. The number of nitriles is 1. The molecule has 1 N–H and O–H groups in total. The second-order valence-corrected chi connectivity index (χ2v) is 5.36. The number of carbonyl (C=O) groups excluding carboxylic acids is 2. The van der Waals surface area contributed by atoms with E-state index in [0.717, 1.165) is 17.7 Å². The van der Waals surface area contributed by atoms with Gasteiger partial charge in [0.25, 0.3) is 11.6 Å². The number of anilines is 1. The summed E-state index contributed by atoms with van der Waals surface area (Å²) in [4.78, 5) is 33.6. The topological polar surface area (TPSA) is 132 Å². The fourth-order valence-corrected chi connectivity index (χ4v) is 2.10. The van der Waals surface area contributed by atoms with E-state index in [1.165, 1.54) is 18.2 Å². The number of amides is 1. The molecule has 2 rings (SSSR count). The lowest BCUT2D eigenvalue weighted by Gasteiger charge is -2.07. The van der Waals surface area contributed by atoms with E-state index in [9.17, 15) is 19.7 Å². The monoisotopic (exact) mass is 381 g/mol. The van der Waals surface area contributed by atoms with Crippen molar-refractivity contribution in [2.75, 3.05) is 19.0 Å². The molecule has 0 unspecified atom stereocenters. The Labute approximate surface area is 159 Å². The molecule has 0 aliphatic carbocycles. The molecule has 0 radical (unpaired) electrons. The highest BCUT2D eigenvalue weighted by molar-refractivity contribution is 5.95. The molecule has 142 valence electrons. The third-order valence-electron chi connectivity index (χ3n) is 3.48. The molecule has 0 atom stereocenters. The summed E-state index contributed by atoms with van der Waals surface area (Å²) in [5.41, 5.74) is 0.479. The van der Waals surface area contributed by atoms with Crippen LogP contribution in [0, 0.1) is 21.4 Å². The first kappa shape index (κ1) is 20.1. The Kier molecular flexibility index (Phi) is 6.82. The molecule has 9 nitrogen and oxygen atoms in total. The zero-order chi connectivity index (χ0) is 20.5. The number of nitro benzene ring substituents is 1. The van der Waals surface area contributed by atoms with Crippen LogP contribution in [0.3, 0.4) is 0 Å². The Morgan fingerprint density at radius 2 is 1.96 bits per heavy atom. The molecular weight excluding hydrogens is 366 g/mol. The number of nitrogens with zero attached hydrogens (tertiary/aromatic N) is 2. The van der Waals surface area contributed by atoms with Gasteiger partial charge in [-0.3, -0.25) is 14.9 Å². The second kappa shape index (κ2) is 9.49. The van der Waals surface area contributed by atoms with Crippen molar-refractivity contribution < 1.29 is 24.0 Å². The minimum Gasteiger partial charge on any atom is -0.497 e. The number of nitrogens with one attached hydrogen (secondary N) is 1. The first-order chi connectivity index (χ1) is 13.4. The average Bonchev–Trinajstić information content (AvgIpc) is 2.71. The highest BCUT2D eigenvalue weighted by atomic mass is 16.6. The minimum atomic E-state index is -0.727. The molecule has 0 aromatic heterocycles. The maximum Gasteiger partial charge on any atom is 0.331 e. The van der Waals surface area contributed by atoms with Crippen LogP contribution in [-0.4, -0.2) is 30.5 Å². The molecule has 0 heterocycles. The lowest BCUT2D eigenvalue weighted by atomic mass is 10.1. The van der Waals surface area contributed by atoms with Gasteiger partial charge in [-0.25, -0.2) is 4.79 Å². The second-order valence-electron chi connectivity index (χ2n) is 5.36. The molecule has 2 aromatic rings. The largest absolute Gasteiger partial charge is 0.497 e. The van der Waals surface area contributed by atoms with E-state index in [4.69, 9.17) is 14.7 Å². The Morgan fingerprint density at radius 1 is 1.25 bits per heavy atom. The van der Waals surface area contributed by atoms with E-state index in [2.05, 4.69) is 5.32 Å². The maximum absolute atomic E-state index is 11.9. The lowest BCUT2D eigenvalue weighted by Crippen LogP contribution is -2.20. The number of benzene rings is 2. The summed E-state index contributed by atoms with van der Waals surface area (Å²) in [6.45, 7) is -0.576. The van der Waals surface area contributed by atoms with Gasteiger partial charge < -0.3 is 14.8 Å². The van der Waals surface area contributed by atoms with E-state index in [0.29, 0.717) is 5.75 Å². The van der Waals surface area contributed by atoms with Crippen molar-refractivity contribution in [1.82, 2.24) is 0 Å². The van der Waals surface area contributed by atoms with Gasteiger partial charge in [0.05, 0.1) is 23.3 Å². The van der Waals surface area contributed by atoms with Gasteiger partial charge in [-0.2, -0.15) is 5.26 Å². The van der Waals surface area contributed by atoms with Gasteiger partial charge in [-0.05, 0) is 29.8 Å². The standard InChI is InChI=1S/C19H15N3O6/c1-27-16-6-2-13(3-7-16)4-9-19(24)28-12-18(23)21-17-8-5-15(22(25)26)10-14(17)11-20/h2-10H,12H2,1H3,(H,21,23)/b9-4+. The molecule has 0 fully saturated rings. The number of ether oxygens (including phenoxy) is 2. The van der Waals surface area contributed by atoms with Crippen molar-refractivity contribution >= 4 is 29.3 Å². The normalized spacial score (nSPS) is 10.1. The summed E-state index contributed by atoms with van der Waals surface area (Å²) < 4.78 is 9.85. The van der Waals surface area contributed by atoms with E-state index >= 15 is 0 Å². The lowest BCUT2D eigenvalue weighted by molar-refractivity contribution is -0.384. The van der Waals surface area contributed by atoms with Crippen LogP contribution in [0.25, 0.3) is 6.08 Å². The molecule has 0 bridgehead atoms. The van der Waals surface area contributed by atoms with Crippen molar-refractivity contribution in [2.24, 2.45) is 0 Å². The van der Waals surface area contributed by atoms with Crippen LogP contribution >= 0.6 is 0 Å². The van der Waals surface area contributed by atoms with Crippen molar-refractivity contribution in [3.05, 3.63) is 69.8 Å². The maximum atomic E-state index is 11.9. The first-order valence-corrected chi connectivity index (χ1v) is 7.90. The fraction of sp³-hybridized carbons (Fsp3) is 0.105. The van der Waals surface area contributed by atoms with Gasteiger partial charge in [-0.15, -0.1) is 0 Å². The smallest absolute Gasteiger partial charge is 0.331 e. The zero-order valence-corrected chi connectivity index (χ0v) is 14.7. The van der Waals surface area contributed by atoms with Gasteiger partial charge in [0.2, 0.25) is 0 Å². The zero-order valence-electron chi connectivity index (χ0n) is 14.7. The summed E-state index contributed by atoms with van der Waals surface area (Å²) in [5, 5.41) is 22.1. The molecule has 0 spiro atoms. The fourth-order valence-electron chi connectivity index (χ4n) is 2.10. The molecule has 0 saturated heterocycles. The van der Waals surface area contributed by atoms with Crippen molar-refractivity contribution in [1.29, 1.82) is 5.26 Å².